The Morgan fingerprint density at radius 3 is 2.77 bits per heavy atom. The van der Waals surface area contributed by atoms with Gasteiger partial charge in [0.25, 0.3) is 0 Å². The maximum atomic E-state index is 12.2. The number of aromatic nitrogens is 1. The highest BCUT2D eigenvalue weighted by Gasteiger charge is 2.34. The first-order chi connectivity index (χ1) is 10.6. The van der Waals surface area contributed by atoms with E-state index in [4.69, 9.17) is 0 Å². The molecule has 2 heterocycles. The second-order valence-electron chi connectivity index (χ2n) is 5.69. The summed E-state index contributed by atoms with van der Waals surface area (Å²) in [6, 6.07) is 1.47. The van der Waals surface area contributed by atoms with E-state index in [9.17, 15) is 14.9 Å². The monoisotopic (exact) mass is 368 g/mol. The number of pyridine rings is 1. The molecule has 118 valence electrons. The molecule has 7 nitrogen and oxygen atoms in total. The number of halogens is 1. The molecular formula is C14H17BrN4O3. The average Bonchev–Trinajstić information content (AvgIpc) is 3.33. The lowest BCUT2D eigenvalue weighted by Crippen LogP contribution is -2.36. The molecule has 1 saturated carbocycles. The zero-order valence-electron chi connectivity index (χ0n) is 12.1. The molecule has 0 atom stereocenters. The molecule has 1 amide bonds. The van der Waals surface area contributed by atoms with Gasteiger partial charge in [-0.15, -0.1) is 0 Å². The van der Waals surface area contributed by atoms with Crippen LogP contribution in [0.25, 0.3) is 0 Å². The van der Waals surface area contributed by atoms with Crippen LogP contribution in [0.4, 0.5) is 11.5 Å². The number of hydrogen-bond acceptors (Lipinski definition) is 5. The van der Waals surface area contributed by atoms with Crippen LogP contribution in [0.5, 0.6) is 0 Å². The van der Waals surface area contributed by atoms with E-state index >= 15 is 0 Å². The minimum Gasteiger partial charge on any atom is -0.349 e. The standard InChI is InChI=1S/C14H17BrN4O3/c15-11-8-12(19(21)22)13(16-9-11)17-4-1-5-18(7-6-17)14(20)10-2-3-10/h8-10H,1-7H2. The van der Waals surface area contributed by atoms with E-state index in [0.29, 0.717) is 29.9 Å². The lowest BCUT2D eigenvalue weighted by atomic mass is 10.3. The minimum atomic E-state index is -0.412. The summed E-state index contributed by atoms with van der Waals surface area (Å²) in [6.07, 6.45) is 4.37. The molecule has 8 heteroatoms. The quantitative estimate of drug-likeness (QED) is 0.603. The number of anilines is 1. The van der Waals surface area contributed by atoms with Crippen LogP contribution >= 0.6 is 15.9 Å². The van der Waals surface area contributed by atoms with Gasteiger partial charge >= 0.3 is 5.69 Å². The maximum Gasteiger partial charge on any atom is 0.312 e. The van der Waals surface area contributed by atoms with Crippen LogP contribution < -0.4 is 4.90 Å². The molecule has 0 N–H and O–H groups in total. The van der Waals surface area contributed by atoms with Crippen molar-refractivity contribution in [1.29, 1.82) is 0 Å². The van der Waals surface area contributed by atoms with Crippen molar-refractivity contribution in [1.82, 2.24) is 9.88 Å². The molecule has 22 heavy (non-hydrogen) atoms. The van der Waals surface area contributed by atoms with Gasteiger partial charge in [-0.05, 0) is 35.2 Å². The van der Waals surface area contributed by atoms with Crippen molar-refractivity contribution >= 4 is 33.3 Å². The van der Waals surface area contributed by atoms with Crippen molar-refractivity contribution in [2.75, 3.05) is 31.1 Å². The van der Waals surface area contributed by atoms with Crippen molar-refractivity contribution in [3.8, 4) is 0 Å². The van der Waals surface area contributed by atoms with Gasteiger partial charge in [-0.1, -0.05) is 0 Å². The molecule has 1 aromatic heterocycles. The average molecular weight is 369 g/mol. The third-order valence-corrected chi connectivity index (χ3v) is 4.48. The zero-order valence-corrected chi connectivity index (χ0v) is 13.7. The number of nitrogens with zero attached hydrogens (tertiary/aromatic N) is 4. The second-order valence-corrected chi connectivity index (χ2v) is 6.61. The smallest absolute Gasteiger partial charge is 0.312 e. The topological polar surface area (TPSA) is 79.6 Å². The van der Waals surface area contributed by atoms with Crippen LogP contribution in [0.15, 0.2) is 16.7 Å². The van der Waals surface area contributed by atoms with E-state index in [2.05, 4.69) is 20.9 Å². The third-order valence-electron chi connectivity index (χ3n) is 4.04. The molecule has 0 aromatic carbocycles. The fourth-order valence-corrected chi connectivity index (χ4v) is 3.06. The fraction of sp³-hybridized carbons (Fsp3) is 0.571. The molecule has 1 saturated heterocycles. The highest BCUT2D eigenvalue weighted by Crippen LogP contribution is 2.32. The Labute approximate surface area is 136 Å². The summed E-state index contributed by atoms with van der Waals surface area (Å²) in [5.74, 6) is 0.834. The lowest BCUT2D eigenvalue weighted by molar-refractivity contribution is -0.384. The van der Waals surface area contributed by atoms with Crippen LogP contribution in [0.2, 0.25) is 0 Å². The predicted molar refractivity (Wildman–Crippen MR) is 84.7 cm³/mol. The predicted octanol–water partition coefficient (Wildman–Crippen LogP) is 2.20. The normalized spacial score (nSPS) is 19.0. The zero-order chi connectivity index (χ0) is 15.7. The van der Waals surface area contributed by atoms with Gasteiger partial charge < -0.3 is 9.80 Å². The van der Waals surface area contributed by atoms with Crippen molar-refractivity contribution in [2.24, 2.45) is 5.92 Å². The van der Waals surface area contributed by atoms with Gasteiger partial charge in [0.2, 0.25) is 11.7 Å². The minimum absolute atomic E-state index is 0.00338. The first kappa shape index (κ1) is 15.2. The van der Waals surface area contributed by atoms with Crippen molar-refractivity contribution in [2.45, 2.75) is 19.3 Å². The molecule has 1 aromatic rings. The van der Waals surface area contributed by atoms with E-state index in [1.807, 2.05) is 9.80 Å². The maximum absolute atomic E-state index is 12.2. The number of carbonyl (C=O) groups is 1. The van der Waals surface area contributed by atoms with E-state index < -0.39 is 4.92 Å². The van der Waals surface area contributed by atoms with E-state index in [-0.39, 0.29) is 17.5 Å². The Kier molecular flexibility index (Phi) is 4.28. The molecular weight excluding hydrogens is 352 g/mol. The van der Waals surface area contributed by atoms with Gasteiger partial charge in [-0.2, -0.15) is 0 Å². The number of amides is 1. The summed E-state index contributed by atoms with van der Waals surface area (Å²) >= 11 is 3.22. The van der Waals surface area contributed by atoms with Gasteiger partial charge in [0.1, 0.15) is 0 Å². The summed E-state index contributed by atoms with van der Waals surface area (Å²) in [7, 11) is 0. The van der Waals surface area contributed by atoms with E-state index in [1.54, 1.807) is 6.20 Å². The SMILES string of the molecule is O=C(C1CC1)N1CCCN(c2ncc(Br)cc2[N+](=O)[O-])CC1. The van der Waals surface area contributed by atoms with E-state index in [1.165, 1.54) is 6.07 Å². The van der Waals surface area contributed by atoms with Gasteiger partial charge in [-0.3, -0.25) is 14.9 Å². The van der Waals surface area contributed by atoms with Gasteiger partial charge in [0.05, 0.1) is 4.92 Å². The van der Waals surface area contributed by atoms with Gasteiger partial charge in [0, 0.05) is 48.8 Å². The number of carbonyl (C=O) groups excluding carboxylic acids is 1. The Hall–Kier alpha value is -1.70. The Morgan fingerprint density at radius 1 is 1.32 bits per heavy atom. The molecule has 2 fully saturated rings. The van der Waals surface area contributed by atoms with Crippen molar-refractivity contribution in [3.63, 3.8) is 0 Å². The molecule has 2 aliphatic rings. The summed E-state index contributed by atoms with van der Waals surface area (Å²) in [5, 5.41) is 11.2. The molecule has 1 aliphatic heterocycles. The first-order valence-electron chi connectivity index (χ1n) is 7.40. The van der Waals surface area contributed by atoms with E-state index in [0.717, 1.165) is 25.8 Å². The highest BCUT2D eigenvalue weighted by molar-refractivity contribution is 9.10. The van der Waals surface area contributed by atoms with Crippen LogP contribution in [0.3, 0.4) is 0 Å². The number of nitro groups is 1. The van der Waals surface area contributed by atoms with Gasteiger partial charge in [0.15, 0.2) is 0 Å². The molecule has 3 rings (SSSR count). The molecule has 0 unspecified atom stereocenters. The van der Waals surface area contributed by atoms with Crippen LogP contribution in [0.1, 0.15) is 19.3 Å². The van der Waals surface area contributed by atoms with Crippen molar-refractivity contribution in [3.05, 3.63) is 26.9 Å². The molecule has 0 bridgehead atoms. The second kappa shape index (κ2) is 6.20. The molecule has 0 spiro atoms. The number of rotatable bonds is 3. The van der Waals surface area contributed by atoms with Crippen molar-refractivity contribution < 1.29 is 9.72 Å². The molecule has 0 radical (unpaired) electrons. The Bertz CT molecular complexity index is 606. The van der Waals surface area contributed by atoms with Crippen LogP contribution in [0, 0.1) is 16.0 Å². The Balaban J connectivity index is 1.75. The molecule has 1 aliphatic carbocycles. The largest absolute Gasteiger partial charge is 0.349 e. The lowest BCUT2D eigenvalue weighted by Gasteiger charge is -2.22. The van der Waals surface area contributed by atoms with Gasteiger partial charge in [-0.25, -0.2) is 4.98 Å². The number of hydrogen-bond donors (Lipinski definition) is 0. The Morgan fingerprint density at radius 2 is 2.09 bits per heavy atom. The summed E-state index contributed by atoms with van der Waals surface area (Å²) in [5.41, 5.74) is -0.00338. The summed E-state index contributed by atoms with van der Waals surface area (Å²) in [6.45, 7) is 2.57. The fourth-order valence-electron chi connectivity index (χ4n) is 2.74. The summed E-state index contributed by atoms with van der Waals surface area (Å²) < 4.78 is 0.586. The summed E-state index contributed by atoms with van der Waals surface area (Å²) in [4.78, 5) is 31.0. The first-order valence-corrected chi connectivity index (χ1v) is 8.19. The third kappa shape index (κ3) is 3.21. The van der Waals surface area contributed by atoms with Crippen LogP contribution in [-0.4, -0.2) is 46.9 Å². The van der Waals surface area contributed by atoms with Crippen LogP contribution in [-0.2, 0) is 4.79 Å². The highest BCUT2D eigenvalue weighted by atomic mass is 79.9.